The summed E-state index contributed by atoms with van der Waals surface area (Å²) in [7, 11) is 0. The Morgan fingerprint density at radius 3 is 2.62 bits per heavy atom. The Labute approximate surface area is 93.3 Å². The molecule has 16 heavy (non-hydrogen) atoms. The van der Waals surface area contributed by atoms with Crippen LogP contribution in [-0.4, -0.2) is 54.1 Å². The van der Waals surface area contributed by atoms with Gasteiger partial charge in [0.05, 0.1) is 13.2 Å². The van der Waals surface area contributed by atoms with Crippen LogP contribution in [0.2, 0.25) is 0 Å². The van der Waals surface area contributed by atoms with Crippen LogP contribution in [-0.2, 0) is 14.3 Å². The molecule has 0 spiro atoms. The highest BCUT2D eigenvalue weighted by Crippen LogP contribution is 2.00. The van der Waals surface area contributed by atoms with Gasteiger partial charge in [-0.05, 0) is 6.92 Å². The lowest BCUT2D eigenvalue weighted by molar-refractivity contribution is -0.144. The first-order valence-electron chi connectivity index (χ1n) is 5.04. The van der Waals surface area contributed by atoms with E-state index in [4.69, 9.17) is 4.74 Å². The van der Waals surface area contributed by atoms with Gasteiger partial charge in [-0.25, -0.2) is 10.2 Å². The summed E-state index contributed by atoms with van der Waals surface area (Å²) in [5.74, 6) is -0.682. The van der Waals surface area contributed by atoms with Gasteiger partial charge in [0.15, 0.2) is 0 Å². The molecule has 1 rings (SSSR count). The molecule has 90 valence electrons. The highest BCUT2D eigenvalue weighted by Gasteiger charge is 2.26. The molecule has 7 nitrogen and oxygen atoms in total. The zero-order valence-electron chi connectivity index (χ0n) is 9.36. The lowest BCUT2D eigenvalue weighted by Gasteiger charge is -2.33. The Bertz CT molecular complexity index is 305. The second-order valence-electron chi connectivity index (χ2n) is 3.31. The van der Waals surface area contributed by atoms with Gasteiger partial charge in [-0.3, -0.25) is 14.6 Å². The number of ether oxygens (including phenoxy) is 1. The molecule has 0 aromatic carbocycles. The van der Waals surface area contributed by atoms with Crippen molar-refractivity contribution in [1.29, 1.82) is 0 Å². The third-order valence-corrected chi connectivity index (χ3v) is 2.12. The van der Waals surface area contributed by atoms with Crippen molar-refractivity contribution in [2.75, 3.05) is 26.2 Å². The molecule has 0 saturated carbocycles. The van der Waals surface area contributed by atoms with Crippen molar-refractivity contribution < 1.29 is 19.1 Å². The normalized spacial score (nSPS) is 15.8. The van der Waals surface area contributed by atoms with E-state index in [1.807, 2.05) is 0 Å². The molecule has 0 aromatic rings. The van der Waals surface area contributed by atoms with E-state index in [1.165, 1.54) is 16.8 Å². The van der Waals surface area contributed by atoms with Crippen molar-refractivity contribution in [3.8, 4) is 0 Å². The van der Waals surface area contributed by atoms with Gasteiger partial charge in [0.2, 0.25) is 5.91 Å². The first-order chi connectivity index (χ1) is 7.54. The van der Waals surface area contributed by atoms with Crippen LogP contribution in [0.4, 0.5) is 4.79 Å². The smallest absolute Gasteiger partial charge is 0.336 e. The molecule has 0 bridgehead atoms. The first kappa shape index (κ1) is 12.3. The van der Waals surface area contributed by atoms with Crippen LogP contribution in [0.25, 0.3) is 0 Å². The highest BCUT2D eigenvalue weighted by atomic mass is 16.5. The van der Waals surface area contributed by atoms with E-state index in [0.29, 0.717) is 13.1 Å². The number of hydrazine groups is 1. The van der Waals surface area contributed by atoms with Crippen molar-refractivity contribution in [2.45, 2.75) is 13.8 Å². The summed E-state index contributed by atoms with van der Waals surface area (Å²) in [5, 5.41) is 1.21. The summed E-state index contributed by atoms with van der Waals surface area (Å²) >= 11 is 0. The molecule has 3 amide bonds. The fourth-order valence-corrected chi connectivity index (χ4v) is 1.31. The van der Waals surface area contributed by atoms with E-state index < -0.39 is 12.0 Å². The van der Waals surface area contributed by atoms with Gasteiger partial charge >= 0.3 is 12.0 Å². The molecule has 1 fully saturated rings. The van der Waals surface area contributed by atoms with Crippen LogP contribution < -0.4 is 5.43 Å². The molecule has 1 heterocycles. The quantitative estimate of drug-likeness (QED) is 0.651. The topological polar surface area (TPSA) is 79.0 Å². The van der Waals surface area contributed by atoms with Gasteiger partial charge in [0.25, 0.3) is 0 Å². The summed E-state index contributed by atoms with van der Waals surface area (Å²) in [4.78, 5) is 34.9. The second kappa shape index (κ2) is 5.34. The molecule has 1 N–H and O–H groups in total. The van der Waals surface area contributed by atoms with Crippen molar-refractivity contribution in [3.63, 3.8) is 0 Å². The molecule has 1 saturated heterocycles. The average Bonchev–Trinajstić information content (AvgIpc) is 2.21. The van der Waals surface area contributed by atoms with Crippen molar-refractivity contribution in [3.05, 3.63) is 0 Å². The van der Waals surface area contributed by atoms with E-state index in [9.17, 15) is 14.4 Å². The van der Waals surface area contributed by atoms with Crippen molar-refractivity contribution in [1.82, 2.24) is 15.3 Å². The molecule has 0 atom stereocenters. The van der Waals surface area contributed by atoms with Crippen LogP contribution in [0.5, 0.6) is 0 Å². The molecular weight excluding hydrogens is 214 g/mol. The minimum Gasteiger partial charge on any atom is -0.465 e. The Balaban J connectivity index is 2.45. The number of hydrogen-bond donors (Lipinski definition) is 1. The zero-order valence-corrected chi connectivity index (χ0v) is 9.36. The molecule has 0 aliphatic carbocycles. The Morgan fingerprint density at radius 2 is 2.12 bits per heavy atom. The first-order valence-corrected chi connectivity index (χ1v) is 5.04. The minimum absolute atomic E-state index is 0.0918. The van der Waals surface area contributed by atoms with E-state index in [-0.39, 0.29) is 19.1 Å². The van der Waals surface area contributed by atoms with E-state index in [0.717, 1.165) is 0 Å². The van der Waals surface area contributed by atoms with Crippen molar-refractivity contribution >= 4 is 17.9 Å². The summed E-state index contributed by atoms with van der Waals surface area (Å²) < 4.78 is 4.73. The van der Waals surface area contributed by atoms with Gasteiger partial charge < -0.3 is 9.64 Å². The second-order valence-corrected chi connectivity index (χ2v) is 3.31. The predicted molar refractivity (Wildman–Crippen MR) is 54.1 cm³/mol. The third kappa shape index (κ3) is 3.11. The van der Waals surface area contributed by atoms with E-state index >= 15 is 0 Å². The summed E-state index contributed by atoms with van der Waals surface area (Å²) in [5.41, 5.74) is 2.38. The number of amides is 3. The molecule has 0 aromatic heterocycles. The fourth-order valence-electron chi connectivity index (χ4n) is 1.31. The van der Waals surface area contributed by atoms with Crippen LogP contribution in [0.1, 0.15) is 13.8 Å². The Hall–Kier alpha value is -1.79. The standard InChI is InChI=1S/C9H15N3O4/c1-3-16-8(14)6-11-4-5-12(7(2)13)10-9(11)15/h3-6H2,1-2H3,(H,10,15). The zero-order chi connectivity index (χ0) is 12.1. The number of carbonyl (C=O) groups excluding carboxylic acids is 3. The van der Waals surface area contributed by atoms with Gasteiger partial charge in [0, 0.05) is 13.5 Å². The monoisotopic (exact) mass is 229 g/mol. The Morgan fingerprint density at radius 1 is 1.44 bits per heavy atom. The number of hydrogen-bond acceptors (Lipinski definition) is 4. The Kier molecular flexibility index (Phi) is 4.10. The molecule has 1 aliphatic rings. The number of urea groups is 1. The maximum absolute atomic E-state index is 11.5. The SMILES string of the molecule is CCOC(=O)CN1CCN(C(C)=O)NC1=O. The molecule has 1 aliphatic heterocycles. The summed E-state index contributed by atoms with van der Waals surface area (Å²) in [6.45, 7) is 3.94. The number of nitrogens with zero attached hydrogens (tertiary/aromatic N) is 2. The van der Waals surface area contributed by atoms with E-state index in [2.05, 4.69) is 5.43 Å². The fraction of sp³-hybridized carbons (Fsp3) is 0.667. The minimum atomic E-state index is -0.463. The predicted octanol–water partition coefficient (Wildman–Crippen LogP) is -0.662. The van der Waals surface area contributed by atoms with Gasteiger partial charge in [-0.2, -0.15) is 0 Å². The van der Waals surface area contributed by atoms with Crippen LogP contribution >= 0.6 is 0 Å². The van der Waals surface area contributed by atoms with Gasteiger partial charge in [-0.15, -0.1) is 0 Å². The number of nitrogens with one attached hydrogen (secondary N) is 1. The maximum atomic E-state index is 11.5. The molecule has 0 radical (unpaired) electrons. The number of esters is 1. The third-order valence-electron chi connectivity index (χ3n) is 2.12. The lowest BCUT2D eigenvalue weighted by atomic mass is 10.4. The van der Waals surface area contributed by atoms with E-state index in [1.54, 1.807) is 6.92 Å². The largest absolute Gasteiger partial charge is 0.465 e. The number of rotatable bonds is 3. The number of carbonyl (C=O) groups is 3. The molecule has 0 unspecified atom stereocenters. The van der Waals surface area contributed by atoms with Crippen LogP contribution in [0.15, 0.2) is 0 Å². The average molecular weight is 229 g/mol. The maximum Gasteiger partial charge on any atom is 0.336 e. The highest BCUT2D eigenvalue weighted by molar-refractivity contribution is 5.84. The lowest BCUT2D eigenvalue weighted by Crippen LogP contribution is -2.59. The van der Waals surface area contributed by atoms with Crippen LogP contribution in [0.3, 0.4) is 0 Å². The van der Waals surface area contributed by atoms with Crippen molar-refractivity contribution in [2.24, 2.45) is 0 Å². The molecule has 7 heteroatoms. The summed E-state index contributed by atoms with van der Waals surface area (Å²) in [6, 6.07) is -0.463. The summed E-state index contributed by atoms with van der Waals surface area (Å²) in [6.07, 6.45) is 0. The van der Waals surface area contributed by atoms with Crippen LogP contribution in [0, 0.1) is 0 Å². The van der Waals surface area contributed by atoms with Gasteiger partial charge in [-0.1, -0.05) is 0 Å². The molecular formula is C9H15N3O4. The van der Waals surface area contributed by atoms with Gasteiger partial charge in [0.1, 0.15) is 6.54 Å².